The quantitative estimate of drug-likeness (QED) is 0.0336. The Kier molecular flexibility index (Phi) is 16.9. The zero-order valence-corrected chi connectivity index (χ0v) is 32.5. The van der Waals surface area contributed by atoms with Gasteiger partial charge in [-0.25, -0.2) is 9.59 Å². The summed E-state index contributed by atoms with van der Waals surface area (Å²) in [6, 6.07) is 30.6. The molecule has 0 saturated carbocycles. The first-order valence-corrected chi connectivity index (χ1v) is 19.2. The van der Waals surface area contributed by atoms with Gasteiger partial charge in [-0.3, -0.25) is 9.97 Å². The predicted octanol–water partition coefficient (Wildman–Crippen LogP) is 9.40. The lowest BCUT2D eigenvalue weighted by Gasteiger charge is -2.14. The van der Waals surface area contributed by atoms with Crippen molar-refractivity contribution in [1.82, 2.24) is 9.97 Å². The number of rotatable bonds is 24. The number of carbonyl (C=O) groups excluding carboxylic acids is 2. The molecule has 0 fully saturated rings. The lowest BCUT2D eigenvalue weighted by molar-refractivity contribution is -0.138. The molecule has 0 aliphatic carbocycles. The second-order valence-corrected chi connectivity index (χ2v) is 13.1. The lowest BCUT2D eigenvalue weighted by atomic mass is 10.1. The van der Waals surface area contributed by atoms with E-state index in [1.54, 1.807) is 30.6 Å². The fraction of sp³-hybridized carbons (Fsp3) is 0.255. The van der Waals surface area contributed by atoms with Crippen molar-refractivity contribution in [3.05, 3.63) is 145 Å². The minimum atomic E-state index is -0.399. The van der Waals surface area contributed by atoms with Crippen LogP contribution in [0.25, 0.3) is 22.5 Å². The van der Waals surface area contributed by atoms with Crippen molar-refractivity contribution in [3.8, 4) is 51.6 Å². The zero-order valence-electron chi connectivity index (χ0n) is 32.5. The highest BCUT2D eigenvalue weighted by atomic mass is 16.5. The summed E-state index contributed by atoms with van der Waals surface area (Å²) in [7, 11) is 0. The van der Waals surface area contributed by atoms with Crippen molar-refractivity contribution in [2.75, 3.05) is 26.4 Å². The maximum Gasteiger partial charge on any atom is 0.330 e. The Morgan fingerprint density at radius 3 is 1.45 bits per heavy atom. The van der Waals surface area contributed by atoms with Gasteiger partial charge in [0.15, 0.2) is 11.5 Å². The Labute approximate surface area is 339 Å². The SMILES string of the molecule is C=CC(=O)OCCCCCOc1ccc(-c2ccc(COc3ccc(C#N)cc3OCc3ccc(-c4ccc(OCCCCCOC(=O)C=C)cc4)nc3)cn2)cc1. The molecule has 5 aromatic rings. The van der Waals surface area contributed by atoms with Gasteiger partial charge in [-0.15, -0.1) is 0 Å². The van der Waals surface area contributed by atoms with Gasteiger partial charge in [0.1, 0.15) is 24.7 Å². The number of hydrogen-bond donors (Lipinski definition) is 0. The van der Waals surface area contributed by atoms with Crippen molar-refractivity contribution in [2.45, 2.75) is 51.7 Å². The monoisotopic (exact) mass is 781 g/mol. The largest absolute Gasteiger partial charge is 0.494 e. The molecular formula is C47H47N3O8. The van der Waals surface area contributed by atoms with Gasteiger partial charge >= 0.3 is 11.9 Å². The van der Waals surface area contributed by atoms with E-state index in [0.29, 0.717) is 43.5 Å². The molecule has 0 N–H and O–H groups in total. The smallest absolute Gasteiger partial charge is 0.330 e. The third-order valence-corrected chi connectivity index (χ3v) is 8.75. The minimum Gasteiger partial charge on any atom is -0.494 e. The molecule has 11 heteroatoms. The summed E-state index contributed by atoms with van der Waals surface area (Å²) < 4.78 is 33.9. The number of unbranched alkanes of at least 4 members (excludes halogenated alkanes) is 4. The highest BCUT2D eigenvalue weighted by Crippen LogP contribution is 2.31. The van der Waals surface area contributed by atoms with Crippen molar-refractivity contribution in [2.24, 2.45) is 0 Å². The molecule has 2 heterocycles. The van der Waals surface area contributed by atoms with Crippen LogP contribution in [0, 0.1) is 11.3 Å². The van der Waals surface area contributed by atoms with Crippen molar-refractivity contribution in [3.63, 3.8) is 0 Å². The summed E-state index contributed by atoms with van der Waals surface area (Å²) in [6.45, 7) is 9.19. The van der Waals surface area contributed by atoms with Gasteiger partial charge in [0, 0.05) is 52.9 Å². The van der Waals surface area contributed by atoms with E-state index < -0.39 is 11.9 Å². The Balaban J connectivity index is 1.06. The highest BCUT2D eigenvalue weighted by Gasteiger charge is 2.10. The molecule has 0 unspecified atom stereocenters. The van der Waals surface area contributed by atoms with Crippen molar-refractivity contribution in [1.29, 1.82) is 5.26 Å². The molecule has 298 valence electrons. The Bertz CT molecular complexity index is 2110. The summed E-state index contributed by atoms with van der Waals surface area (Å²) in [4.78, 5) is 31.4. The minimum absolute atomic E-state index is 0.233. The van der Waals surface area contributed by atoms with Crippen molar-refractivity contribution < 1.29 is 38.0 Å². The lowest BCUT2D eigenvalue weighted by Crippen LogP contribution is -2.03. The van der Waals surface area contributed by atoms with Gasteiger partial charge in [0.25, 0.3) is 0 Å². The molecule has 2 aromatic heterocycles. The topological polar surface area (TPSA) is 139 Å². The fourth-order valence-electron chi connectivity index (χ4n) is 5.54. The third kappa shape index (κ3) is 14.0. The van der Waals surface area contributed by atoms with Crippen LogP contribution in [0.4, 0.5) is 0 Å². The number of esters is 2. The van der Waals surface area contributed by atoms with Gasteiger partial charge < -0.3 is 28.4 Å². The van der Waals surface area contributed by atoms with Gasteiger partial charge in [-0.05, 0) is 111 Å². The molecule has 0 saturated heterocycles. The second kappa shape index (κ2) is 23.2. The van der Waals surface area contributed by atoms with E-state index in [9.17, 15) is 14.9 Å². The average molecular weight is 782 g/mol. The first-order valence-electron chi connectivity index (χ1n) is 19.2. The number of aromatic nitrogens is 2. The van der Waals surface area contributed by atoms with E-state index in [1.165, 1.54) is 12.2 Å². The van der Waals surface area contributed by atoms with E-state index in [1.807, 2.05) is 72.8 Å². The Morgan fingerprint density at radius 1 is 0.552 bits per heavy atom. The van der Waals surface area contributed by atoms with E-state index in [0.717, 1.165) is 83.7 Å². The Hall–Kier alpha value is -6.93. The summed E-state index contributed by atoms with van der Waals surface area (Å²) >= 11 is 0. The standard InChI is InChI=1S/C47H47N3O8/c1-3-46(51)55-27-9-5-7-25-53-40-18-14-38(15-19-40)42-22-11-36(31-49-42)33-57-44-24-13-35(30-48)29-45(44)58-34-37-12-23-43(50-32-37)39-16-20-41(21-17-39)54-26-8-6-10-28-56-47(52)4-2/h3-4,11-24,29,31-32H,1-2,5-10,25-28,33-34H2. The fourth-order valence-corrected chi connectivity index (χ4v) is 5.54. The number of pyridine rings is 2. The van der Waals surface area contributed by atoms with Crippen molar-refractivity contribution >= 4 is 11.9 Å². The first kappa shape index (κ1) is 42.2. The molecule has 0 radical (unpaired) electrons. The van der Waals surface area contributed by atoms with Gasteiger partial charge in [-0.2, -0.15) is 5.26 Å². The molecule has 0 spiro atoms. The zero-order chi connectivity index (χ0) is 40.8. The van der Waals surface area contributed by atoms with Crippen LogP contribution in [0.5, 0.6) is 23.0 Å². The van der Waals surface area contributed by atoms with E-state index >= 15 is 0 Å². The normalized spacial score (nSPS) is 10.5. The van der Waals surface area contributed by atoms with E-state index in [2.05, 4.69) is 29.2 Å². The molecule has 5 rings (SSSR count). The predicted molar refractivity (Wildman–Crippen MR) is 220 cm³/mol. The molecule has 0 aliphatic rings. The summed E-state index contributed by atoms with van der Waals surface area (Å²) in [5.41, 5.74) is 5.75. The molecule has 0 atom stereocenters. The number of carbonyl (C=O) groups is 2. The molecule has 0 aliphatic heterocycles. The number of benzene rings is 3. The molecule has 11 nitrogen and oxygen atoms in total. The summed E-state index contributed by atoms with van der Waals surface area (Å²) in [6.07, 6.45) is 10.9. The molecule has 3 aromatic carbocycles. The van der Waals surface area contributed by atoms with Crippen LogP contribution < -0.4 is 18.9 Å². The van der Waals surface area contributed by atoms with Crippen LogP contribution in [0.2, 0.25) is 0 Å². The summed E-state index contributed by atoms with van der Waals surface area (Å²) in [5.74, 6) is 1.72. The van der Waals surface area contributed by atoms with Gasteiger partial charge in [0.2, 0.25) is 0 Å². The maximum absolute atomic E-state index is 11.1. The second-order valence-electron chi connectivity index (χ2n) is 13.1. The van der Waals surface area contributed by atoms with Crippen LogP contribution in [-0.2, 0) is 32.3 Å². The van der Waals surface area contributed by atoms with Crippen LogP contribution >= 0.6 is 0 Å². The van der Waals surface area contributed by atoms with Crippen LogP contribution in [0.3, 0.4) is 0 Å². The number of nitrogens with zero attached hydrogens (tertiary/aromatic N) is 3. The van der Waals surface area contributed by atoms with E-state index in [4.69, 9.17) is 28.4 Å². The summed E-state index contributed by atoms with van der Waals surface area (Å²) in [5, 5.41) is 9.53. The number of ether oxygens (including phenoxy) is 6. The maximum atomic E-state index is 11.1. The van der Waals surface area contributed by atoms with Crippen LogP contribution in [0.1, 0.15) is 55.2 Å². The Morgan fingerprint density at radius 2 is 1.02 bits per heavy atom. The first-order chi connectivity index (χ1) is 28.4. The van der Waals surface area contributed by atoms with Gasteiger partial charge in [0.05, 0.1) is 49.4 Å². The molecule has 0 bridgehead atoms. The molecular weight excluding hydrogens is 735 g/mol. The van der Waals surface area contributed by atoms with Crippen LogP contribution in [0.15, 0.2) is 129 Å². The highest BCUT2D eigenvalue weighted by molar-refractivity contribution is 5.81. The molecule has 58 heavy (non-hydrogen) atoms. The van der Waals surface area contributed by atoms with Gasteiger partial charge in [-0.1, -0.05) is 25.3 Å². The number of hydrogen-bond acceptors (Lipinski definition) is 11. The van der Waals surface area contributed by atoms with E-state index in [-0.39, 0.29) is 13.2 Å². The third-order valence-electron chi connectivity index (χ3n) is 8.75. The van der Waals surface area contributed by atoms with Crippen LogP contribution in [-0.4, -0.2) is 48.3 Å². The molecule has 0 amide bonds. The average Bonchev–Trinajstić information content (AvgIpc) is 3.27. The number of nitriles is 1.